The van der Waals surface area contributed by atoms with Gasteiger partial charge in [0.05, 0.1) is 26.7 Å². The Labute approximate surface area is 341 Å². The van der Waals surface area contributed by atoms with Crippen LogP contribution in [-0.4, -0.2) is 62.1 Å². The van der Waals surface area contributed by atoms with Gasteiger partial charge in [-0.1, -0.05) is 77.8 Å². The lowest BCUT2D eigenvalue weighted by atomic mass is 9.81. The van der Waals surface area contributed by atoms with Crippen molar-refractivity contribution < 1.29 is 43.6 Å². The average Bonchev–Trinajstić information content (AvgIpc) is 3.22. The van der Waals surface area contributed by atoms with Crippen molar-refractivity contribution >= 4 is 41.0 Å². The molecule has 3 aliphatic heterocycles. The number of ether oxygens (including phenoxy) is 4. The maximum absolute atomic E-state index is 13.8. The Morgan fingerprint density at radius 3 is 2.30 bits per heavy atom. The van der Waals surface area contributed by atoms with Crippen molar-refractivity contribution in [3.05, 3.63) is 147 Å². The molecular formula is C44H43Cl2N3O8. The highest BCUT2D eigenvalue weighted by Gasteiger charge is 2.37. The second-order valence-corrected chi connectivity index (χ2v) is 15.1. The number of rotatable bonds is 14. The molecule has 13 heteroatoms. The van der Waals surface area contributed by atoms with Crippen LogP contribution in [0.25, 0.3) is 0 Å². The number of carbonyl (C=O) groups excluding carboxylic acids is 2. The molecule has 296 valence electrons. The molecule has 4 heterocycles. The van der Waals surface area contributed by atoms with Gasteiger partial charge in [-0.15, -0.1) is 0 Å². The number of halogens is 2. The molecule has 5 aromatic rings. The lowest BCUT2D eigenvalue weighted by molar-refractivity contribution is -0.904. The Bertz CT molecular complexity index is 2210. The second-order valence-electron chi connectivity index (χ2n) is 14.3. The number of hydrogen-bond acceptors (Lipinski definition) is 9. The number of pyridine rings is 1. The Morgan fingerprint density at radius 1 is 0.912 bits per heavy atom. The van der Waals surface area contributed by atoms with E-state index in [4.69, 9.17) is 42.1 Å². The predicted octanol–water partition coefficient (Wildman–Crippen LogP) is 7.09. The Kier molecular flexibility index (Phi) is 12.4. The summed E-state index contributed by atoms with van der Waals surface area (Å²) in [7, 11) is 3.05. The van der Waals surface area contributed by atoms with Gasteiger partial charge in [-0.25, -0.2) is 4.79 Å². The highest BCUT2D eigenvalue weighted by atomic mass is 35.5. The van der Waals surface area contributed by atoms with Crippen molar-refractivity contribution in [3.8, 4) is 17.2 Å². The molecule has 0 saturated carbocycles. The lowest BCUT2D eigenvalue weighted by Crippen LogP contribution is -2.53. The molecule has 3 aliphatic rings. The topological polar surface area (TPSA) is 125 Å². The van der Waals surface area contributed by atoms with Crippen LogP contribution in [0.4, 0.5) is 10.5 Å². The van der Waals surface area contributed by atoms with Crippen molar-refractivity contribution in [1.82, 2.24) is 4.90 Å². The molecule has 11 nitrogen and oxygen atoms in total. The van der Waals surface area contributed by atoms with Gasteiger partial charge in [0.15, 0.2) is 11.5 Å². The van der Waals surface area contributed by atoms with Crippen molar-refractivity contribution in [2.75, 3.05) is 38.8 Å². The molecular weight excluding hydrogens is 769 g/mol. The normalized spacial score (nSPS) is 17.7. The molecule has 2 atom stereocenters. The van der Waals surface area contributed by atoms with Crippen molar-refractivity contribution in [2.45, 2.75) is 44.4 Å². The van der Waals surface area contributed by atoms with Crippen LogP contribution in [0.5, 0.6) is 17.2 Å². The van der Waals surface area contributed by atoms with Gasteiger partial charge < -0.3 is 28.8 Å². The van der Waals surface area contributed by atoms with Gasteiger partial charge in [-0.05, 0) is 96.9 Å². The molecule has 1 amide bonds. The summed E-state index contributed by atoms with van der Waals surface area (Å²) in [5.41, 5.74) is 3.67. The molecule has 8 rings (SSSR count). The molecule has 3 saturated heterocycles. The number of aromatic nitrogens is 1. The third-order valence-corrected chi connectivity index (χ3v) is 11.5. The summed E-state index contributed by atoms with van der Waals surface area (Å²) in [4.78, 5) is 30.6. The third kappa shape index (κ3) is 9.06. The number of benzene rings is 4. The predicted molar refractivity (Wildman–Crippen MR) is 213 cm³/mol. The number of hydrogen-bond donors (Lipinski definition) is 1. The van der Waals surface area contributed by atoms with Crippen LogP contribution in [0.3, 0.4) is 0 Å². The number of anilines is 1. The summed E-state index contributed by atoms with van der Waals surface area (Å²) >= 11 is 13.2. The zero-order chi connectivity index (χ0) is 40.1. The second kappa shape index (κ2) is 17.8. The van der Waals surface area contributed by atoms with E-state index in [9.17, 15) is 19.9 Å². The van der Waals surface area contributed by atoms with Crippen LogP contribution in [0, 0.1) is 5.92 Å². The summed E-state index contributed by atoms with van der Waals surface area (Å²) in [6, 6.07) is 27.2. The van der Waals surface area contributed by atoms with E-state index in [0.717, 1.165) is 42.8 Å². The largest absolute Gasteiger partial charge is 0.545 e. The zero-order valence-corrected chi connectivity index (χ0v) is 33.1. The van der Waals surface area contributed by atoms with E-state index in [2.05, 4.69) is 4.90 Å². The molecule has 0 radical (unpaired) electrons. The smallest absolute Gasteiger partial charge is 0.414 e. The average molecular weight is 813 g/mol. The van der Waals surface area contributed by atoms with E-state index in [1.54, 1.807) is 29.2 Å². The first-order valence-corrected chi connectivity index (χ1v) is 19.5. The highest BCUT2D eigenvalue weighted by Crippen LogP contribution is 2.40. The molecule has 57 heavy (non-hydrogen) atoms. The van der Waals surface area contributed by atoms with Gasteiger partial charge in [0, 0.05) is 34.0 Å². The van der Waals surface area contributed by atoms with Gasteiger partial charge in [-0.3, -0.25) is 15.0 Å². The number of para-hydroxylation sites is 1. The maximum Gasteiger partial charge on any atom is 0.414 e. The number of carboxylic acid groups (broad SMARTS) is 1. The standard InChI is InChI=1S/C44H43Cl2N3O8/c1-54-39-15-14-30(21-40(39)55-2)35(22-36-37(45)24-48(53)25-38(36)46)42-31(9-7-13-34(42)43(50)51)27-56-33-12-6-8-28(20-33)23-49(32-10-4-3-5-11-32)44(52)57-41-26-47-18-16-29(41)17-19-47/h3-15,20-21,24-25,29,35,41H,16-19,22-23,26-27H2,1-2H3,(H-,50,51,53)/t35-,41-/m0/s1. The van der Waals surface area contributed by atoms with E-state index in [1.807, 2.05) is 60.7 Å². The minimum absolute atomic E-state index is 0.0133. The van der Waals surface area contributed by atoms with Gasteiger partial charge >= 0.3 is 6.09 Å². The van der Waals surface area contributed by atoms with Crippen LogP contribution in [0.1, 0.15) is 56.9 Å². The third-order valence-electron chi connectivity index (χ3n) is 10.8. The molecule has 0 unspecified atom stereocenters. The van der Waals surface area contributed by atoms with Crippen molar-refractivity contribution in [2.24, 2.45) is 5.92 Å². The first-order chi connectivity index (χ1) is 27.6. The molecule has 1 aromatic heterocycles. The van der Waals surface area contributed by atoms with Crippen LogP contribution in [-0.2, 0) is 24.3 Å². The number of nitrogens with zero attached hydrogens (tertiary/aromatic N) is 3. The zero-order valence-electron chi connectivity index (χ0n) is 31.6. The number of aromatic carboxylic acids is 1. The van der Waals surface area contributed by atoms with Crippen LogP contribution < -0.4 is 28.9 Å². The quantitative estimate of drug-likeness (QED) is 0.0925. The van der Waals surface area contributed by atoms with Gasteiger partial charge in [0.1, 0.15) is 28.5 Å². The Hall–Kier alpha value is -5.49. The maximum atomic E-state index is 13.8. The van der Waals surface area contributed by atoms with Gasteiger partial charge in [0.2, 0.25) is 12.4 Å². The van der Waals surface area contributed by atoms with E-state index in [0.29, 0.717) is 51.1 Å². The Balaban J connectivity index is 1.19. The summed E-state index contributed by atoms with van der Waals surface area (Å²) < 4.78 is 24.4. The van der Waals surface area contributed by atoms with E-state index >= 15 is 0 Å². The number of methoxy groups -OCH3 is 2. The van der Waals surface area contributed by atoms with Crippen LogP contribution in [0.2, 0.25) is 10.0 Å². The monoisotopic (exact) mass is 811 g/mol. The molecule has 0 spiro atoms. The summed E-state index contributed by atoms with van der Waals surface area (Å²) in [5.74, 6) is -0.212. The summed E-state index contributed by atoms with van der Waals surface area (Å²) in [6.07, 6.45) is 4.29. The fraction of sp³-hybridized carbons (Fsp3) is 0.295. The highest BCUT2D eigenvalue weighted by molar-refractivity contribution is 6.35. The van der Waals surface area contributed by atoms with E-state index < -0.39 is 18.0 Å². The van der Waals surface area contributed by atoms with Gasteiger partial charge in [0.25, 0.3) is 0 Å². The molecule has 2 bridgehead atoms. The van der Waals surface area contributed by atoms with E-state index in [1.165, 1.54) is 32.7 Å². The number of piperidine rings is 3. The SMILES string of the molecule is COc1ccc([C@H](Cc2c(Cl)c[n+](O)cc2Cl)c2c(COc3cccc(CN(C(=O)O[C@H]4CN5CCC4CC5)c4ccccc4)c3)cccc2C(=O)[O-])cc1OC. The van der Waals surface area contributed by atoms with E-state index in [-0.39, 0.29) is 41.3 Å². The molecule has 1 N–H and O–H groups in total. The lowest BCUT2D eigenvalue weighted by Gasteiger charge is -2.44. The summed E-state index contributed by atoms with van der Waals surface area (Å²) in [6.45, 7) is 3.07. The first-order valence-electron chi connectivity index (χ1n) is 18.7. The van der Waals surface area contributed by atoms with Crippen LogP contribution in [0.15, 0.2) is 103 Å². The van der Waals surface area contributed by atoms with Crippen LogP contribution >= 0.6 is 23.2 Å². The van der Waals surface area contributed by atoms with Gasteiger partial charge in [-0.2, -0.15) is 0 Å². The first kappa shape index (κ1) is 39.7. The van der Waals surface area contributed by atoms with Crippen molar-refractivity contribution in [1.29, 1.82) is 0 Å². The number of carbonyl (C=O) groups is 2. The number of fused-ring (bicyclic) bond motifs is 3. The Morgan fingerprint density at radius 2 is 1.63 bits per heavy atom. The minimum atomic E-state index is -1.37. The van der Waals surface area contributed by atoms with Crippen molar-refractivity contribution in [3.63, 3.8) is 0 Å². The number of amides is 1. The molecule has 4 aromatic carbocycles. The molecule has 0 aliphatic carbocycles. The summed E-state index contributed by atoms with van der Waals surface area (Å²) in [5, 5.41) is 23.2. The molecule has 3 fully saturated rings. The minimum Gasteiger partial charge on any atom is -0.545 e. The fourth-order valence-electron chi connectivity index (χ4n) is 7.91. The fourth-order valence-corrected chi connectivity index (χ4v) is 8.51. The number of carboxylic acids is 1.